The summed E-state index contributed by atoms with van der Waals surface area (Å²) >= 11 is 0. The van der Waals surface area contributed by atoms with Gasteiger partial charge in [-0.25, -0.2) is 4.39 Å². The zero-order valence-corrected chi connectivity index (χ0v) is 21.2. The summed E-state index contributed by atoms with van der Waals surface area (Å²) in [7, 11) is 0. The summed E-state index contributed by atoms with van der Waals surface area (Å²) in [6.45, 7) is 5.45. The molecule has 0 spiro atoms. The number of carbonyl (C=O) groups is 2. The molecule has 196 valence electrons. The summed E-state index contributed by atoms with van der Waals surface area (Å²) in [5.74, 6) is -0.121. The van der Waals surface area contributed by atoms with Crippen LogP contribution in [0.5, 0.6) is 5.75 Å². The van der Waals surface area contributed by atoms with E-state index in [4.69, 9.17) is 5.73 Å². The maximum Gasteiger partial charge on any atom is 0.256 e. The van der Waals surface area contributed by atoms with E-state index in [1.165, 1.54) is 6.92 Å². The predicted molar refractivity (Wildman–Crippen MR) is 146 cm³/mol. The van der Waals surface area contributed by atoms with Crippen LogP contribution < -0.4 is 21.7 Å². The maximum atomic E-state index is 13.4. The molecule has 0 aliphatic carbocycles. The van der Waals surface area contributed by atoms with Crippen molar-refractivity contribution in [3.63, 3.8) is 0 Å². The van der Waals surface area contributed by atoms with E-state index in [0.717, 1.165) is 16.7 Å². The molecule has 0 aliphatic rings. The Hall–Kier alpha value is -4.86. The number of halogens is 1. The first-order chi connectivity index (χ1) is 18.1. The van der Waals surface area contributed by atoms with E-state index in [0.29, 0.717) is 40.7 Å². The van der Waals surface area contributed by atoms with E-state index < -0.39 is 12.1 Å². The highest BCUT2D eigenvalue weighted by molar-refractivity contribution is 6.04. The molecule has 1 heterocycles. The van der Waals surface area contributed by atoms with E-state index in [2.05, 4.69) is 26.1 Å². The Morgan fingerprint density at radius 1 is 1.03 bits per heavy atom. The molecule has 0 saturated carbocycles. The van der Waals surface area contributed by atoms with Gasteiger partial charge in [0.15, 0.2) is 5.82 Å². The molecular formula is C28H29FN6O3. The quantitative estimate of drug-likeness (QED) is 0.174. The summed E-state index contributed by atoms with van der Waals surface area (Å²) in [5.41, 5.74) is 10.3. The number of hydrogen-bond acceptors (Lipinski definition) is 6. The third-order valence-corrected chi connectivity index (χ3v) is 6.07. The Balaban J connectivity index is 1.42. The molecule has 3 aromatic carbocycles. The lowest BCUT2D eigenvalue weighted by atomic mass is 10.1. The van der Waals surface area contributed by atoms with Crippen LogP contribution in [0.3, 0.4) is 0 Å². The lowest BCUT2D eigenvalue weighted by Crippen LogP contribution is -2.15. The number of aromatic hydroxyl groups is 1. The van der Waals surface area contributed by atoms with Crippen molar-refractivity contribution in [1.29, 1.82) is 0 Å². The van der Waals surface area contributed by atoms with Crippen LogP contribution in [0.25, 0.3) is 0 Å². The molecule has 1 unspecified atom stereocenters. The minimum absolute atomic E-state index is 0.167. The summed E-state index contributed by atoms with van der Waals surface area (Å²) < 4.78 is 13.4. The Morgan fingerprint density at radius 3 is 2.21 bits per heavy atom. The summed E-state index contributed by atoms with van der Waals surface area (Å²) in [5, 5.41) is 26.0. The number of nitrogens with one attached hydrogen (secondary N) is 4. The van der Waals surface area contributed by atoms with Gasteiger partial charge < -0.3 is 26.8 Å². The summed E-state index contributed by atoms with van der Waals surface area (Å²) in [6.07, 6.45) is -1.10. The lowest BCUT2D eigenvalue weighted by molar-refractivity contribution is 0.0999. The molecule has 7 N–H and O–H groups in total. The number of phenolic OH excluding ortho intramolecular Hbond substituents is 1. The van der Waals surface area contributed by atoms with Gasteiger partial charge in [-0.1, -0.05) is 24.3 Å². The molecule has 0 bridgehead atoms. The largest absolute Gasteiger partial charge is 0.507 e. The van der Waals surface area contributed by atoms with E-state index in [1.54, 1.807) is 48.5 Å². The van der Waals surface area contributed by atoms with Crippen molar-refractivity contribution in [3.8, 4) is 5.75 Å². The first-order valence-electron chi connectivity index (χ1n) is 12.0. The van der Waals surface area contributed by atoms with Crippen molar-refractivity contribution in [3.05, 3.63) is 94.0 Å². The molecule has 0 saturated heterocycles. The van der Waals surface area contributed by atoms with Gasteiger partial charge in [0.2, 0.25) is 0 Å². The number of aromatic nitrogens is 2. The van der Waals surface area contributed by atoms with E-state index in [-0.39, 0.29) is 17.2 Å². The molecule has 4 aromatic rings. The van der Waals surface area contributed by atoms with Crippen LogP contribution in [0.4, 0.5) is 27.4 Å². The second-order valence-electron chi connectivity index (χ2n) is 9.01. The van der Waals surface area contributed by atoms with Crippen molar-refractivity contribution < 1.29 is 19.1 Å². The van der Waals surface area contributed by atoms with Crippen LogP contribution in [-0.4, -0.2) is 27.1 Å². The zero-order valence-electron chi connectivity index (χ0n) is 21.2. The number of primary amides is 1. The van der Waals surface area contributed by atoms with E-state index in [9.17, 15) is 19.1 Å². The number of anilines is 4. The SMILES string of the molecule is Cc1cc(CNc2n[nH]c(Nc3ccc(NC(=O)c4ccc(C(C)F)cc4)cc3)c2C(N)=O)cc(C)c1O. The number of amides is 2. The fraction of sp³-hybridized carbons (Fsp3) is 0.179. The molecule has 2 amide bonds. The van der Waals surface area contributed by atoms with Gasteiger partial charge in [0.25, 0.3) is 11.8 Å². The van der Waals surface area contributed by atoms with Crippen LogP contribution in [0.1, 0.15) is 56.1 Å². The molecule has 0 radical (unpaired) electrons. The van der Waals surface area contributed by atoms with Gasteiger partial charge in [0.05, 0.1) is 0 Å². The fourth-order valence-corrected chi connectivity index (χ4v) is 4.02. The third-order valence-electron chi connectivity index (χ3n) is 6.07. The molecule has 38 heavy (non-hydrogen) atoms. The number of rotatable bonds is 9. The molecule has 0 aliphatic heterocycles. The standard InChI is InChI=1S/C28H29FN6O3/c1-15-12-18(13-16(2)24(15)36)14-31-26-23(25(30)37)27(35-34-26)32-21-8-10-22(11-9-21)33-28(38)20-6-4-19(5-7-20)17(3)29/h4-13,17,36H,14H2,1-3H3,(H2,30,37)(H,33,38)(H3,31,32,34,35). The fourth-order valence-electron chi connectivity index (χ4n) is 4.02. The topological polar surface area (TPSA) is 145 Å². The number of phenols is 1. The van der Waals surface area contributed by atoms with Gasteiger partial charge in [-0.3, -0.25) is 14.7 Å². The Morgan fingerprint density at radius 2 is 1.63 bits per heavy atom. The van der Waals surface area contributed by atoms with Crippen LogP contribution in [0, 0.1) is 13.8 Å². The van der Waals surface area contributed by atoms with Gasteiger partial charge in [-0.2, -0.15) is 5.10 Å². The van der Waals surface area contributed by atoms with Crippen LogP contribution in [-0.2, 0) is 6.54 Å². The van der Waals surface area contributed by atoms with Crippen LogP contribution in [0.15, 0.2) is 60.7 Å². The second-order valence-corrected chi connectivity index (χ2v) is 9.01. The van der Waals surface area contributed by atoms with Gasteiger partial charge in [0.1, 0.15) is 23.3 Å². The Kier molecular flexibility index (Phi) is 7.61. The normalized spacial score (nSPS) is 11.6. The number of aryl methyl sites for hydroxylation is 2. The molecule has 1 atom stereocenters. The Labute approximate surface area is 219 Å². The van der Waals surface area contributed by atoms with E-state index >= 15 is 0 Å². The first-order valence-corrected chi connectivity index (χ1v) is 12.0. The molecule has 9 nitrogen and oxygen atoms in total. The lowest BCUT2D eigenvalue weighted by Gasteiger charge is -2.10. The van der Waals surface area contributed by atoms with Crippen molar-refractivity contribution in [2.45, 2.75) is 33.5 Å². The molecule has 0 fully saturated rings. The predicted octanol–water partition coefficient (Wildman–Crippen LogP) is 5.47. The molecule has 4 rings (SSSR count). The van der Waals surface area contributed by atoms with Crippen LogP contribution in [0.2, 0.25) is 0 Å². The monoisotopic (exact) mass is 516 g/mol. The highest BCUT2D eigenvalue weighted by Gasteiger charge is 2.19. The average Bonchev–Trinajstić information content (AvgIpc) is 3.29. The number of aromatic amines is 1. The smallest absolute Gasteiger partial charge is 0.256 e. The van der Waals surface area contributed by atoms with E-state index in [1.807, 2.05) is 26.0 Å². The third kappa shape index (κ3) is 5.92. The highest BCUT2D eigenvalue weighted by Crippen LogP contribution is 2.27. The Bertz CT molecular complexity index is 1440. The number of alkyl halides is 1. The van der Waals surface area contributed by atoms with Gasteiger partial charge in [-0.05, 0) is 79.4 Å². The molecule has 1 aromatic heterocycles. The van der Waals surface area contributed by atoms with Crippen molar-refractivity contribution in [1.82, 2.24) is 10.2 Å². The van der Waals surface area contributed by atoms with Crippen molar-refractivity contribution >= 4 is 34.8 Å². The number of nitrogens with zero attached hydrogens (tertiary/aromatic N) is 1. The average molecular weight is 517 g/mol. The number of nitrogens with two attached hydrogens (primary N) is 1. The number of benzene rings is 3. The summed E-state index contributed by atoms with van der Waals surface area (Å²) in [4.78, 5) is 24.7. The molecular weight excluding hydrogens is 487 g/mol. The van der Waals surface area contributed by atoms with Gasteiger partial charge in [0, 0.05) is 23.5 Å². The number of hydrogen-bond donors (Lipinski definition) is 6. The minimum Gasteiger partial charge on any atom is -0.507 e. The second kappa shape index (κ2) is 11.0. The number of carbonyl (C=O) groups excluding carboxylic acids is 2. The van der Waals surface area contributed by atoms with Crippen molar-refractivity contribution in [2.75, 3.05) is 16.0 Å². The maximum absolute atomic E-state index is 13.4. The van der Waals surface area contributed by atoms with Gasteiger partial charge in [-0.15, -0.1) is 0 Å². The minimum atomic E-state index is -1.10. The number of H-pyrrole nitrogens is 1. The zero-order chi connectivity index (χ0) is 27.4. The molecule has 10 heteroatoms. The summed E-state index contributed by atoms with van der Waals surface area (Å²) in [6, 6.07) is 16.9. The van der Waals surface area contributed by atoms with Gasteiger partial charge >= 0.3 is 0 Å². The first kappa shape index (κ1) is 26.2. The van der Waals surface area contributed by atoms with Crippen LogP contribution >= 0.6 is 0 Å². The van der Waals surface area contributed by atoms with Crippen molar-refractivity contribution in [2.24, 2.45) is 5.73 Å². The highest BCUT2D eigenvalue weighted by atomic mass is 19.1.